The van der Waals surface area contributed by atoms with Gasteiger partial charge in [0.1, 0.15) is 5.03 Å². The monoisotopic (exact) mass is 262 g/mol. The molecule has 0 atom stereocenters. The molecule has 0 aliphatic carbocycles. The van der Waals surface area contributed by atoms with Crippen LogP contribution in [0, 0.1) is 0 Å². The van der Waals surface area contributed by atoms with Crippen molar-refractivity contribution >= 4 is 34.4 Å². The van der Waals surface area contributed by atoms with Gasteiger partial charge in [-0.3, -0.25) is 5.10 Å². The molecule has 17 heavy (non-hydrogen) atoms. The first-order chi connectivity index (χ1) is 8.33. The van der Waals surface area contributed by atoms with Crippen LogP contribution in [0.25, 0.3) is 11.0 Å². The zero-order chi connectivity index (χ0) is 11.7. The highest BCUT2D eigenvalue weighted by atomic mass is 35.5. The number of nitrogens with one attached hydrogen (secondary N) is 1. The molecular weight excluding hydrogens is 256 g/mol. The number of aromatic nitrogens is 4. The second kappa shape index (κ2) is 4.35. The Hall–Kier alpha value is -1.59. The minimum atomic E-state index is 0.222. The molecule has 6 heteroatoms. The summed E-state index contributed by atoms with van der Waals surface area (Å²) in [5.41, 5.74) is 0.656. The van der Waals surface area contributed by atoms with Crippen LogP contribution >= 0.6 is 23.4 Å². The van der Waals surface area contributed by atoms with Crippen LogP contribution < -0.4 is 0 Å². The van der Waals surface area contributed by atoms with E-state index in [0.717, 1.165) is 15.3 Å². The lowest BCUT2D eigenvalue weighted by Crippen LogP contribution is -1.87. The largest absolute Gasteiger partial charge is 0.261 e. The van der Waals surface area contributed by atoms with E-state index >= 15 is 0 Å². The average Bonchev–Trinajstić information content (AvgIpc) is 2.78. The molecule has 0 saturated carbocycles. The van der Waals surface area contributed by atoms with Crippen molar-refractivity contribution in [2.75, 3.05) is 0 Å². The van der Waals surface area contributed by atoms with E-state index in [-0.39, 0.29) is 5.28 Å². The van der Waals surface area contributed by atoms with E-state index in [0.29, 0.717) is 5.65 Å². The predicted molar refractivity (Wildman–Crippen MR) is 67.3 cm³/mol. The van der Waals surface area contributed by atoms with Crippen molar-refractivity contribution < 1.29 is 0 Å². The zero-order valence-corrected chi connectivity index (χ0v) is 10.2. The topological polar surface area (TPSA) is 54.5 Å². The first kappa shape index (κ1) is 10.6. The van der Waals surface area contributed by atoms with Gasteiger partial charge in [-0.15, -0.1) is 0 Å². The fourth-order valence-electron chi connectivity index (χ4n) is 1.46. The summed E-state index contributed by atoms with van der Waals surface area (Å²) in [5, 5.41) is 8.64. The summed E-state index contributed by atoms with van der Waals surface area (Å²) in [7, 11) is 0. The van der Waals surface area contributed by atoms with Gasteiger partial charge in [0.15, 0.2) is 5.65 Å². The standard InChI is InChI=1S/C11H7ClN4S/c12-11-14-9-8(6-13-16-9)10(15-11)17-7-4-2-1-3-5-7/h1-6H,(H,13,14,15,16). The van der Waals surface area contributed by atoms with Crippen LogP contribution in [0.4, 0.5) is 0 Å². The molecule has 0 saturated heterocycles. The molecule has 0 radical (unpaired) electrons. The Labute approximate surface area is 106 Å². The van der Waals surface area contributed by atoms with Gasteiger partial charge in [0.25, 0.3) is 0 Å². The summed E-state index contributed by atoms with van der Waals surface area (Å²) >= 11 is 7.40. The Balaban J connectivity index is 2.08. The van der Waals surface area contributed by atoms with Crippen LogP contribution in [-0.4, -0.2) is 20.2 Å². The van der Waals surface area contributed by atoms with Crippen LogP contribution in [0.3, 0.4) is 0 Å². The summed E-state index contributed by atoms with van der Waals surface area (Å²) in [6.07, 6.45) is 1.71. The first-order valence-electron chi connectivity index (χ1n) is 4.92. The molecule has 1 N–H and O–H groups in total. The van der Waals surface area contributed by atoms with Crippen molar-refractivity contribution in [3.8, 4) is 0 Å². The second-order valence-corrected chi connectivity index (χ2v) is 4.75. The van der Waals surface area contributed by atoms with E-state index < -0.39 is 0 Å². The maximum atomic E-state index is 5.86. The summed E-state index contributed by atoms with van der Waals surface area (Å²) < 4.78 is 0. The number of hydrogen-bond donors (Lipinski definition) is 1. The summed E-state index contributed by atoms with van der Waals surface area (Å²) in [6, 6.07) is 9.99. The molecule has 0 fully saturated rings. The highest BCUT2D eigenvalue weighted by molar-refractivity contribution is 7.99. The van der Waals surface area contributed by atoms with Crippen molar-refractivity contribution in [2.24, 2.45) is 0 Å². The Morgan fingerprint density at radius 3 is 2.76 bits per heavy atom. The zero-order valence-electron chi connectivity index (χ0n) is 8.59. The van der Waals surface area contributed by atoms with E-state index in [1.165, 1.54) is 0 Å². The molecule has 0 bridgehead atoms. The van der Waals surface area contributed by atoms with Gasteiger partial charge in [0.05, 0.1) is 11.6 Å². The fourth-order valence-corrected chi connectivity index (χ4v) is 2.59. The molecule has 0 aliphatic rings. The summed E-state index contributed by atoms with van der Waals surface area (Å²) in [5.74, 6) is 0. The Kier molecular flexibility index (Phi) is 2.70. The number of H-pyrrole nitrogens is 1. The maximum Gasteiger partial charge on any atom is 0.225 e. The molecule has 3 aromatic rings. The smallest absolute Gasteiger partial charge is 0.225 e. The van der Waals surface area contributed by atoms with Crippen LogP contribution in [0.5, 0.6) is 0 Å². The number of hydrogen-bond acceptors (Lipinski definition) is 4. The molecule has 2 heterocycles. The van der Waals surface area contributed by atoms with E-state index in [4.69, 9.17) is 11.6 Å². The molecular formula is C11H7ClN4S. The molecule has 0 unspecified atom stereocenters. The Bertz CT molecular complexity index is 653. The highest BCUT2D eigenvalue weighted by Gasteiger charge is 2.09. The van der Waals surface area contributed by atoms with Crippen LogP contribution in [0.1, 0.15) is 0 Å². The lowest BCUT2D eigenvalue weighted by molar-refractivity contribution is 1.07. The van der Waals surface area contributed by atoms with Crippen LogP contribution in [0.2, 0.25) is 5.28 Å². The molecule has 0 aliphatic heterocycles. The van der Waals surface area contributed by atoms with E-state index in [2.05, 4.69) is 20.2 Å². The van der Waals surface area contributed by atoms with E-state index in [9.17, 15) is 0 Å². The van der Waals surface area contributed by atoms with Crippen molar-refractivity contribution in [1.82, 2.24) is 20.2 Å². The molecule has 3 rings (SSSR count). The number of nitrogens with zero attached hydrogens (tertiary/aromatic N) is 3. The van der Waals surface area contributed by atoms with Gasteiger partial charge in [-0.25, -0.2) is 4.98 Å². The molecule has 4 nitrogen and oxygen atoms in total. The van der Waals surface area contributed by atoms with E-state index in [1.807, 2.05) is 30.3 Å². The second-order valence-electron chi connectivity index (χ2n) is 3.35. The molecule has 0 spiro atoms. The van der Waals surface area contributed by atoms with Gasteiger partial charge >= 0.3 is 0 Å². The van der Waals surface area contributed by atoms with Gasteiger partial charge < -0.3 is 0 Å². The Morgan fingerprint density at radius 2 is 1.94 bits per heavy atom. The molecule has 2 aromatic heterocycles. The van der Waals surface area contributed by atoms with E-state index in [1.54, 1.807) is 18.0 Å². The Morgan fingerprint density at radius 1 is 1.12 bits per heavy atom. The van der Waals surface area contributed by atoms with Crippen molar-refractivity contribution in [3.63, 3.8) is 0 Å². The fraction of sp³-hybridized carbons (Fsp3) is 0. The molecule has 1 aromatic carbocycles. The van der Waals surface area contributed by atoms with Gasteiger partial charge in [-0.05, 0) is 23.7 Å². The number of halogens is 1. The SMILES string of the molecule is Clc1nc(Sc2ccccc2)c2cn[nH]c2n1. The first-order valence-corrected chi connectivity index (χ1v) is 6.12. The predicted octanol–water partition coefficient (Wildman–Crippen LogP) is 3.16. The minimum Gasteiger partial charge on any atom is -0.261 e. The van der Waals surface area contributed by atoms with Crippen molar-refractivity contribution in [3.05, 3.63) is 41.8 Å². The maximum absolute atomic E-state index is 5.86. The average molecular weight is 263 g/mol. The molecule has 84 valence electrons. The lowest BCUT2D eigenvalue weighted by atomic mass is 10.4. The number of benzene rings is 1. The number of fused-ring (bicyclic) bond motifs is 1. The normalized spacial score (nSPS) is 10.9. The van der Waals surface area contributed by atoms with Gasteiger partial charge in [-0.2, -0.15) is 10.1 Å². The third-order valence-corrected chi connectivity index (χ3v) is 3.39. The number of aromatic amines is 1. The minimum absolute atomic E-state index is 0.222. The van der Waals surface area contributed by atoms with Crippen LogP contribution in [0.15, 0.2) is 46.5 Å². The lowest BCUT2D eigenvalue weighted by Gasteiger charge is -2.01. The third-order valence-electron chi connectivity index (χ3n) is 2.21. The third kappa shape index (κ3) is 2.11. The van der Waals surface area contributed by atoms with Gasteiger partial charge in [-0.1, -0.05) is 30.0 Å². The summed E-state index contributed by atoms with van der Waals surface area (Å²) in [4.78, 5) is 9.39. The number of rotatable bonds is 2. The highest BCUT2D eigenvalue weighted by Crippen LogP contribution is 2.31. The van der Waals surface area contributed by atoms with Crippen molar-refractivity contribution in [2.45, 2.75) is 9.92 Å². The summed E-state index contributed by atoms with van der Waals surface area (Å²) in [6.45, 7) is 0. The van der Waals surface area contributed by atoms with Crippen molar-refractivity contribution in [1.29, 1.82) is 0 Å². The quantitative estimate of drug-likeness (QED) is 0.569. The van der Waals surface area contributed by atoms with Crippen LogP contribution in [-0.2, 0) is 0 Å². The van der Waals surface area contributed by atoms with Gasteiger partial charge in [0, 0.05) is 4.90 Å². The molecule has 0 amide bonds. The van der Waals surface area contributed by atoms with Gasteiger partial charge in [0.2, 0.25) is 5.28 Å².